The van der Waals surface area contributed by atoms with E-state index in [1.165, 1.54) is 16.3 Å². The number of benzene rings is 8. The molecular formula is C46H26O3. The van der Waals surface area contributed by atoms with Gasteiger partial charge >= 0.3 is 0 Å². The van der Waals surface area contributed by atoms with Crippen molar-refractivity contribution in [1.29, 1.82) is 0 Å². The summed E-state index contributed by atoms with van der Waals surface area (Å²) in [6, 6.07) is 55.3. The first-order valence-electron chi connectivity index (χ1n) is 16.6. The summed E-state index contributed by atoms with van der Waals surface area (Å²) in [5.41, 5.74) is 9.74. The first kappa shape index (κ1) is 26.5. The van der Waals surface area contributed by atoms with E-state index in [-0.39, 0.29) is 0 Å². The topological polar surface area (TPSA) is 39.4 Å². The lowest BCUT2D eigenvalue weighted by Crippen LogP contribution is -1.92. The number of hydrogen-bond donors (Lipinski definition) is 0. The second-order valence-corrected chi connectivity index (χ2v) is 12.7. The van der Waals surface area contributed by atoms with Crippen LogP contribution in [0.1, 0.15) is 0 Å². The zero-order chi connectivity index (χ0) is 32.1. The lowest BCUT2D eigenvalue weighted by Gasteiger charge is -2.18. The van der Waals surface area contributed by atoms with Crippen LogP contribution in [-0.2, 0) is 0 Å². The monoisotopic (exact) mass is 626 g/mol. The minimum atomic E-state index is 0.759. The number of furan rings is 3. The Balaban J connectivity index is 1.32. The van der Waals surface area contributed by atoms with E-state index in [0.29, 0.717) is 0 Å². The maximum atomic E-state index is 6.98. The Bertz CT molecular complexity index is 3040. The van der Waals surface area contributed by atoms with Gasteiger partial charge in [0, 0.05) is 43.6 Å². The van der Waals surface area contributed by atoms with E-state index in [9.17, 15) is 0 Å². The zero-order valence-corrected chi connectivity index (χ0v) is 26.2. The molecule has 3 nitrogen and oxygen atoms in total. The molecule has 3 aromatic heterocycles. The van der Waals surface area contributed by atoms with E-state index in [0.717, 1.165) is 93.6 Å². The fourth-order valence-corrected chi connectivity index (χ4v) is 8.05. The van der Waals surface area contributed by atoms with E-state index >= 15 is 0 Å². The van der Waals surface area contributed by atoms with Crippen molar-refractivity contribution in [3.05, 3.63) is 158 Å². The van der Waals surface area contributed by atoms with Crippen molar-refractivity contribution in [2.45, 2.75) is 0 Å². The van der Waals surface area contributed by atoms with Crippen LogP contribution >= 0.6 is 0 Å². The summed E-state index contributed by atoms with van der Waals surface area (Å²) in [6.45, 7) is 0. The third kappa shape index (κ3) is 3.67. The number of rotatable bonds is 3. The molecule has 0 unspecified atom stereocenters. The molecule has 11 aromatic rings. The van der Waals surface area contributed by atoms with Crippen LogP contribution in [0.2, 0.25) is 0 Å². The van der Waals surface area contributed by atoms with Gasteiger partial charge in [0.15, 0.2) is 11.2 Å². The van der Waals surface area contributed by atoms with E-state index in [2.05, 4.69) is 127 Å². The Morgan fingerprint density at radius 3 is 1.53 bits per heavy atom. The number of para-hydroxylation sites is 2. The van der Waals surface area contributed by atoms with Crippen molar-refractivity contribution in [2.75, 3.05) is 0 Å². The summed E-state index contributed by atoms with van der Waals surface area (Å²) in [5.74, 6) is 0.828. The average Bonchev–Trinajstić information content (AvgIpc) is 3.86. The molecule has 49 heavy (non-hydrogen) atoms. The Morgan fingerprint density at radius 1 is 0.286 bits per heavy atom. The first-order chi connectivity index (χ1) is 24.3. The van der Waals surface area contributed by atoms with Gasteiger partial charge in [-0.15, -0.1) is 0 Å². The van der Waals surface area contributed by atoms with Crippen LogP contribution in [0.4, 0.5) is 0 Å². The van der Waals surface area contributed by atoms with Gasteiger partial charge in [0.2, 0.25) is 0 Å². The Labute approximate surface area is 280 Å². The molecule has 8 aromatic carbocycles. The van der Waals surface area contributed by atoms with E-state index in [1.807, 2.05) is 30.3 Å². The van der Waals surface area contributed by atoms with Crippen molar-refractivity contribution in [3.63, 3.8) is 0 Å². The van der Waals surface area contributed by atoms with Crippen molar-refractivity contribution >= 4 is 76.4 Å². The van der Waals surface area contributed by atoms with Crippen LogP contribution in [0.3, 0.4) is 0 Å². The molecule has 0 saturated carbocycles. The lowest BCUT2D eigenvalue weighted by molar-refractivity contribution is 0.612. The second kappa shape index (κ2) is 9.96. The highest BCUT2D eigenvalue weighted by Gasteiger charge is 2.27. The maximum Gasteiger partial charge on any atom is 0.178 e. The molecule has 3 heteroatoms. The largest absolute Gasteiger partial charge is 0.456 e. The van der Waals surface area contributed by atoms with Gasteiger partial charge < -0.3 is 13.3 Å². The average molecular weight is 627 g/mol. The third-order valence-corrected chi connectivity index (χ3v) is 10.1. The molecule has 0 amide bonds. The van der Waals surface area contributed by atoms with E-state index in [4.69, 9.17) is 13.3 Å². The predicted molar refractivity (Wildman–Crippen MR) is 202 cm³/mol. The van der Waals surface area contributed by atoms with Crippen molar-refractivity contribution in [1.82, 2.24) is 0 Å². The SMILES string of the molecule is c1ccc(-c2oc3c(ccc4c5ccccc5oc43)c2-c2c3ccccc3c(-c3cccc4oc5ccccc5c34)c3ccccc23)cc1. The summed E-state index contributed by atoms with van der Waals surface area (Å²) in [7, 11) is 0. The molecule has 0 saturated heterocycles. The second-order valence-electron chi connectivity index (χ2n) is 12.7. The van der Waals surface area contributed by atoms with Gasteiger partial charge in [0.25, 0.3) is 0 Å². The highest BCUT2D eigenvalue weighted by Crippen LogP contribution is 2.52. The van der Waals surface area contributed by atoms with Gasteiger partial charge in [-0.25, -0.2) is 0 Å². The molecule has 3 heterocycles. The van der Waals surface area contributed by atoms with Crippen molar-refractivity contribution in [2.24, 2.45) is 0 Å². The molecule has 0 aliphatic heterocycles. The Kier molecular flexibility index (Phi) is 5.38. The third-order valence-electron chi connectivity index (χ3n) is 10.1. The molecule has 0 aliphatic rings. The highest BCUT2D eigenvalue weighted by molar-refractivity contribution is 6.29. The van der Waals surface area contributed by atoms with Crippen LogP contribution in [0.25, 0.3) is 110 Å². The number of hydrogen-bond acceptors (Lipinski definition) is 3. The van der Waals surface area contributed by atoms with Crippen molar-refractivity contribution in [3.8, 4) is 33.6 Å². The zero-order valence-electron chi connectivity index (χ0n) is 26.2. The van der Waals surface area contributed by atoms with Crippen LogP contribution in [-0.4, -0.2) is 0 Å². The van der Waals surface area contributed by atoms with Crippen LogP contribution in [0.15, 0.2) is 171 Å². The quantitative estimate of drug-likeness (QED) is 0.183. The molecule has 11 rings (SSSR count). The predicted octanol–water partition coefficient (Wildman–Crippen LogP) is 13.5. The molecule has 0 spiro atoms. The molecule has 228 valence electrons. The molecule has 0 aliphatic carbocycles. The number of fused-ring (bicyclic) bond motifs is 10. The summed E-state index contributed by atoms with van der Waals surface area (Å²) < 4.78 is 19.9. The first-order valence-corrected chi connectivity index (χ1v) is 16.6. The van der Waals surface area contributed by atoms with Gasteiger partial charge in [-0.05, 0) is 63.0 Å². The lowest BCUT2D eigenvalue weighted by atomic mass is 9.84. The van der Waals surface area contributed by atoms with Crippen molar-refractivity contribution < 1.29 is 13.3 Å². The van der Waals surface area contributed by atoms with Crippen LogP contribution < -0.4 is 0 Å². The highest BCUT2D eigenvalue weighted by atomic mass is 16.4. The minimum Gasteiger partial charge on any atom is -0.456 e. The molecule has 0 fully saturated rings. The molecule has 0 radical (unpaired) electrons. The van der Waals surface area contributed by atoms with Crippen LogP contribution in [0, 0.1) is 0 Å². The van der Waals surface area contributed by atoms with Gasteiger partial charge in [0.05, 0.1) is 0 Å². The summed E-state index contributed by atoms with van der Waals surface area (Å²) in [4.78, 5) is 0. The fourth-order valence-electron chi connectivity index (χ4n) is 8.05. The molecular weight excluding hydrogens is 601 g/mol. The standard InChI is InChI=1S/C46H26O3/c1-2-13-27(14-3-1)44-43(36-26-25-33-28-15-8-10-22-37(28)48-45(33)46(36)49-44)42-31-18-6-4-16-29(31)40(30-17-5-7-19-32(30)42)35-21-12-24-39-41(35)34-20-9-11-23-38(34)47-39/h1-26H. The van der Waals surface area contributed by atoms with Crippen LogP contribution in [0.5, 0.6) is 0 Å². The summed E-state index contributed by atoms with van der Waals surface area (Å²) >= 11 is 0. The van der Waals surface area contributed by atoms with E-state index in [1.54, 1.807) is 0 Å². The maximum absolute atomic E-state index is 6.98. The minimum absolute atomic E-state index is 0.759. The molecule has 0 atom stereocenters. The summed E-state index contributed by atoms with van der Waals surface area (Å²) in [6.07, 6.45) is 0. The van der Waals surface area contributed by atoms with Gasteiger partial charge in [-0.2, -0.15) is 0 Å². The fraction of sp³-hybridized carbons (Fsp3) is 0. The van der Waals surface area contributed by atoms with Gasteiger partial charge in [0.1, 0.15) is 22.5 Å². The molecule has 0 N–H and O–H groups in total. The Morgan fingerprint density at radius 2 is 0.816 bits per heavy atom. The normalized spacial score (nSPS) is 12.1. The smallest absolute Gasteiger partial charge is 0.178 e. The Hall–Kier alpha value is -6.58. The van der Waals surface area contributed by atoms with E-state index < -0.39 is 0 Å². The molecule has 0 bridgehead atoms. The summed E-state index contributed by atoms with van der Waals surface area (Å²) in [5, 5.41) is 10.1. The van der Waals surface area contributed by atoms with Gasteiger partial charge in [-0.1, -0.05) is 127 Å². The van der Waals surface area contributed by atoms with Gasteiger partial charge in [-0.3, -0.25) is 0 Å².